The van der Waals surface area contributed by atoms with Crippen LogP contribution < -0.4 is 5.73 Å². The minimum absolute atomic E-state index is 0.294. The number of hydrogen-bond acceptors (Lipinski definition) is 1. The Hall–Kier alpha value is -0.970. The molecule has 0 heterocycles. The van der Waals surface area contributed by atoms with Crippen molar-refractivity contribution in [2.75, 3.05) is 0 Å². The highest BCUT2D eigenvalue weighted by Crippen LogP contribution is 2.05. The van der Waals surface area contributed by atoms with Gasteiger partial charge in [-0.15, -0.1) is 0 Å². The summed E-state index contributed by atoms with van der Waals surface area (Å²) >= 11 is 0. The maximum absolute atomic E-state index is 10.2. The Morgan fingerprint density at radius 1 is 1.64 bits per heavy atom. The minimum Gasteiger partial charge on any atom is -0.359 e. The van der Waals surface area contributed by atoms with E-state index in [2.05, 4.69) is 18.8 Å². The van der Waals surface area contributed by atoms with Crippen LogP contribution in [0.4, 0.5) is 0 Å². The molecule has 0 saturated heterocycles. The molecule has 0 fully saturated rings. The average Bonchev–Trinajstić information content (AvgIpc) is 1.97. The lowest BCUT2D eigenvalue weighted by Gasteiger charge is -1.99. The van der Waals surface area contributed by atoms with Gasteiger partial charge < -0.3 is 5.73 Å². The van der Waals surface area contributed by atoms with Gasteiger partial charge in [0.25, 0.3) is 5.91 Å². The smallest absolute Gasteiger partial charge is 0.293 e. The maximum atomic E-state index is 10.2. The van der Waals surface area contributed by atoms with Crippen molar-refractivity contribution in [1.82, 2.24) is 0 Å². The van der Waals surface area contributed by atoms with Gasteiger partial charge in [-0.1, -0.05) is 32.6 Å². The predicted molar refractivity (Wildman–Crippen MR) is 45.7 cm³/mol. The van der Waals surface area contributed by atoms with Crippen molar-refractivity contribution in [3.8, 4) is 11.8 Å². The van der Waals surface area contributed by atoms with Crippen LogP contribution in [0, 0.1) is 17.8 Å². The second-order valence-electron chi connectivity index (χ2n) is 2.68. The molecule has 0 aliphatic heterocycles. The molecule has 2 nitrogen and oxygen atoms in total. The van der Waals surface area contributed by atoms with Gasteiger partial charge in [0.1, 0.15) is 0 Å². The molecule has 1 amide bonds. The van der Waals surface area contributed by atoms with E-state index in [0.717, 1.165) is 12.8 Å². The lowest BCUT2D eigenvalue weighted by molar-refractivity contribution is -0.112. The normalized spacial score (nSPS) is 11.5. The van der Waals surface area contributed by atoms with Crippen LogP contribution in [0.1, 0.15) is 33.1 Å². The second-order valence-corrected chi connectivity index (χ2v) is 2.68. The highest BCUT2D eigenvalue weighted by atomic mass is 16.1. The molecule has 0 spiro atoms. The molecular formula is C9H15NO. The fraction of sp³-hybridized carbons (Fsp3) is 0.667. The molecule has 11 heavy (non-hydrogen) atoms. The second kappa shape index (κ2) is 5.79. The summed E-state index contributed by atoms with van der Waals surface area (Å²) in [6.07, 6.45) is 3.38. The third-order valence-corrected chi connectivity index (χ3v) is 1.43. The van der Waals surface area contributed by atoms with E-state index < -0.39 is 5.91 Å². The molecule has 0 aromatic carbocycles. The van der Waals surface area contributed by atoms with Crippen molar-refractivity contribution in [1.29, 1.82) is 0 Å². The summed E-state index contributed by atoms with van der Waals surface area (Å²) in [5, 5.41) is 0. The van der Waals surface area contributed by atoms with E-state index in [9.17, 15) is 4.79 Å². The SMILES string of the molecule is CCCCC(C)C#CC(N)=O. The number of carbonyl (C=O) groups is 1. The van der Waals surface area contributed by atoms with E-state index in [-0.39, 0.29) is 0 Å². The summed E-state index contributed by atoms with van der Waals surface area (Å²) in [5.41, 5.74) is 4.86. The van der Waals surface area contributed by atoms with Gasteiger partial charge in [-0.25, -0.2) is 0 Å². The number of amides is 1. The molecule has 0 aromatic heterocycles. The number of hydrogen-bond donors (Lipinski definition) is 1. The van der Waals surface area contributed by atoms with E-state index in [0.29, 0.717) is 5.92 Å². The van der Waals surface area contributed by atoms with Gasteiger partial charge in [0.05, 0.1) is 0 Å². The summed E-state index contributed by atoms with van der Waals surface area (Å²) in [5.74, 6) is 4.90. The van der Waals surface area contributed by atoms with Crippen LogP contribution >= 0.6 is 0 Å². The van der Waals surface area contributed by atoms with Crippen molar-refractivity contribution >= 4 is 5.91 Å². The van der Waals surface area contributed by atoms with Crippen molar-refractivity contribution in [2.24, 2.45) is 11.7 Å². The number of carbonyl (C=O) groups excluding carboxylic acids is 1. The summed E-state index contributed by atoms with van der Waals surface area (Å²) < 4.78 is 0. The Bertz CT molecular complexity index is 176. The summed E-state index contributed by atoms with van der Waals surface area (Å²) in [6, 6.07) is 0. The van der Waals surface area contributed by atoms with E-state index in [4.69, 9.17) is 5.73 Å². The van der Waals surface area contributed by atoms with Crippen LogP contribution in [0.2, 0.25) is 0 Å². The van der Waals surface area contributed by atoms with Gasteiger partial charge >= 0.3 is 0 Å². The van der Waals surface area contributed by atoms with E-state index >= 15 is 0 Å². The number of unbranched alkanes of at least 4 members (excludes halogenated alkanes) is 1. The minimum atomic E-state index is -0.534. The molecule has 0 rings (SSSR count). The van der Waals surface area contributed by atoms with Gasteiger partial charge in [0.15, 0.2) is 0 Å². The van der Waals surface area contributed by atoms with Crippen molar-refractivity contribution in [2.45, 2.75) is 33.1 Å². The zero-order chi connectivity index (χ0) is 8.69. The third kappa shape index (κ3) is 6.92. The zero-order valence-electron chi connectivity index (χ0n) is 7.18. The van der Waals surface area contributed by atoms with Crippen LogP contribution in [0.5, 0.6) is 0 Å². The van der Waals surface area contributed by atoms with Crippen molar-refractivity contribution in [3.63, 3.8) is 0 Å². The largest absolute Gasteiger partial charge is 0.359 e. The van der Waals surface area contributed by atoms with Crippen LogP contribution in [0.3, 0.4) is 0 Å². The molecule has 0 radical (unpaired) electrons. The third-order valence-electron chi connectivity index (χ3n) is 1.43. The average molecular weight is 153 g/mol. The van der Waals surface area contributed by atoms with Crippen molar-refractivity contribution in [3.05, 3.63) is 0 Å². The van der Waals surface area contributed by atoms with Gasteiger partial charge in [-0.2, -0.15) is 0 Å². The summed E-state index contributed by atoms with van der Waals surface area (Å²) in [6.45, 7) is 4.14. The van der Waals surface area contributed by atoms with Gasteiger partial charge in [-0.05, 0) is 12.3 Å². The molecule has 0 aliphatic carbocycles. The number of nitrogens with two attached hydrogens (primary N) is 1. The Kier molecular flexibility index (Phi) is 5.28. The highest BCUT2D eigenvalue weighted by Gasteiger charge is 1.94. The molecular weight excluding hydrogens is 138 g/mol. The molecule has 0 bridgehead atoms. The highest BCUT2D eigenvalue weighted by molar-refractivity contribution is 5.91. The molecule has 0 aliphatic rings. The Balaban J connectivity index is 3.61. The molecule has 2 heteroatoms. The van der Waals surface area contributed by atoms with E-state index in [1.165, 1.54) is 6.42 Å². The standard InChI is InChI=1S/C9H15NO/c1-3-4-5-8(2)6-7-9(10)11/h8H,3-5H2,1-2H3,(H2,10,11). The Morgan fingerprint density at radius 2 is 2.27 bits per heavy atom. The molecule has 2 N–H and O–H groups in total. The Labute approximate surface area is 68.2 Å². The maximum Gasteiger partial charge on any atom is 0.293 e. The first-order valence-electron chi connectivity index (χ1n) is 3.97. The lowest BCUT2D eigenvalue weighted by atomic mass is 10.1. The first-order chi connectivity index (χ1) is 5.16. The van der Waals surface area contributed by atoms with Gasteiger partial charge in [0, 0.05) is 5.92 Å². The van der Waals surface area contributed by atoms with Gasteiger partial charge in [-0.3, -0.25) is 4.79 Å². The first-order valence-corrected chi connectivity index (χ1v) is 3.97. The monoisotopic (exact) mass is 153 g/mol. The fourth-order valence-corrected chi connectivity index (χ4v) is 0.777. The van der Waals surface area contributed by atoms with Crippen LogP contribution in [0.15, 0.2) is 0 Å². The fourth-order valence-electron chi connectivity index (χ4n) is 0.777. The Morgan fingerprint density at radius 3 is 2.73 bits per heavy atom. The summed E-state index contributed by atoms with van der Waals surface area (Å²) in [7, 11) is 0. The lowest BCUT2D eigenvalue weighted by Crippen LogP contribution is -2.06. The topological polar surface area (TPSA) is 43.1 Å². The molecule has 0 saturated carbocycles. The van der Waals surface area contributed by atoms with Gasteiger partial charge in [0.2, 0.25) is 0 Å². The molecule has 0 aromatic rings. The van der Waals surface area contributed by atoms with Crippen LogP contribution in [-0.4, -0.2) is 5.91 Å². The van der Waals surface area contributed by atoms with Crippen LogP contribution in [0.25, 0.3) is 0 Å². The molecule has 62 valence electrons. The van der Waals surface area contributed by atoms with E-state index in [1.807, 2.05) is 6.92 Å². The first kappa shape index (κ1) is 10.0. The molecule has 1 unspecified atom stereocenters. The van der Waals surface area contributed by atoms with Crippen LogP contribution in [-0.2, 0) is 4.79 Å². The predicted octanol–water partition coefficient (Wildman–Crippen LogP) is 1.30. The number of rotatable bonds is 3. The van der Waals surface area contributed by atoms with Crippen molar-refractivity contribution < 1.29 is 4.79 Å². The van der Waals surface area contributed by atoms with E-state index in [1.54, 1.807) is 0 Å². The zero-order valence-corrected chi connectivity index (χ0v) is 7.18. The number of primary amides is 1. The quantitative estimate of drug-likeness (QED) is 0.610. The summed E-state index contributed by atoms with van der Waals surface area (Å²) in [4.78, 5) is 10.2. The molecule has 1 atom stereocenters.